The predicted molar refractivity (Wildman–Crippen MR) is 71.8 cm³/mol. The van der Waals surface area contributed by atoms with Crippen LogP contribution in [-0.4, -0.2) is 58.9 Å². The Kier molecular flexibility index (Phi) is 6.10. The molecular formula is C12H20N4O5. The average Bonchev–Trinajstić information content (AvgIpc) is 2.91. The smallest absolute Gasteiger partial charge is 0.326 e. The molecule has 1 rings (SSSR count). The lowest BCUT2D eigenvalue weighted by atomic mass is 10.1. The summed E-state index contributed by atoms with van der Waals surface area (Å²) in [6, 6.07) is -1.92. The summed E-state index contributed by atoms with van der Waals surface area (Å²) in [4.78, 5) is 46.8. The van der Waals surface area contributed by atoms with Crippen molar-refractivity contribution in [3.05, 3.63) is 0 Å². The van der Waals surface area contributed by atoms with Crippen LogP contribution in [0.2, 0.25) is 0 Å². The van der Waals surface area contributed by atoms with Crippen molar-refractivity contribution in [3.8, 4) is 0 Å². The number of carbonyl (C=O) groups excluding carboxylic acids is 3. The van der Waals surface area contributed by atoms with Gasteiger partial charge in [0.15, 0.2) is 0 Å². The largest absolute Gasteiger partial charge is 0.480 e. The number of nitrogens with one attached hydrogen (secondary N) is 1. The minimum atomic E-state index is -1.25. The molecular weight excluding hydrogens is 280 g/mol. The van der Waals surface area contributed by atoms with Gasteiger partial charge in [-0.25, -0.2) is 4.79 Å². The van der Waals surface area contributed by atoms with Crippen LogP contribution in [0, 0.1) is 0 Å². The highest BCUT2D eigenvalue weighted by Gasteiger charge is 2.35. The first-order valence-electron chi connectivity index (χ1n) is 6.67. The van der Waals surface area contributed by atoms with E-state index in [2.05, 4.69) is 5.32 Å². The summed E-state index contributed by atoms with van der Waals surface area (Å²) in [6.07, 6.45) is 0.879. The van der Waals surface area contributed by atoms with Crippen molar-refractivity contribution in [2.45, 2.75) is 37.8 Å². The van der Waals surface area contributed by atoms with E-state index in [1.807, 2.05) is 0 Å². The predicted octanol–water partition coefficient (Wildman–Crippen LogP) is -2.23. The number of carboxylic acid groups (broad SMARTS) is 1. The summed E-state index contributed by atoms with van der Waals surface area (Å²) in [5.41, 5.74) is 10.2. The number of primary amides is 1. The van der Waals surface area contributed by atoms with E-state index in [-0.39, 0.29) is 25.3 Å². The molecule has 2 atom stereocenters. The Labute approximate surface area is 121 Å². The summed E-state index contributed by atoms with van der Waals surface area (Å²) in [6.45, 7) is 0.223. The minimum absolute atomic E-state index is 0.0893. The summed E-state index contributed by atoms with van der Waals surface area (Å²) in [5.74, 6) is -2.79. The molecule has 6 N–H and O–H groups in total. The number of likely N-dealkylation sites (tertiary alicyclic amines) is 1. The lowest BCUT2D eigenvalue weighted by Crippen LogP contribution is -2.52. The van der Waals surface area contributed by atoms with Crippen molar-refractivity contribution in [2.24, 2.45) is 11.5 Å². The third-order valence-electron chi connectivity index (χ3n) is 3.34. The molecule has 0 aromatic heterocycles. The van der Waals surface area contributed by atoms with E-state index >= 15 is 0 Å². The zero-order chi connectivity index (χ0) is 16.0. The molecule has 0 bridgehead atoms. The number of nitrogens with zero attached hydrogens (tertiary/aromatic N) is 1. The topological polar surface area (TPSA) is 156 Å². The molecule has 1 aliphatic rings. The van der Waals surface area contributed by atoms with E-state index in [1.54, 1.807) is 0 Å². The van der Waals surface area contributed by atoms with Gasteiger partial charge in [-0.2, -0.15) is 0 Å². The van der Waals surface area contributed by atoms with Crippen LogP contribution in [0.15, 0.2) is 0 Å². The van der Waals surface area contributed by atoms with E-state index < -0.39 is 29.9 Å². The van der Waals surface area contributed by atoms with Crippen LogP contribution in [0.5, 0.6) is 0 Å². The van der Waals surface area contributed by atoms with Gasteiger partial charge in [0.05, 0.1) is 6.54 Å². The Morgan fingerprint density at radius 2 is 2.00 bits per heavy atom. The molecule has 9 nitrogen and oxygen atoms in total. The zero-order valence-electron chi connectivity index (χ0n) is 11.6. The van der Waals surface area contributed by atoms with Gasteiger partial charge in [0.1, 0.15) is 12.1 Å². The second-order valence-electron chi connectivity index (χ2n) is 4.85. The van der Waals surface area contributed by atoms with Crippen molar-refractivity contribution in [2.75, 3.05) is 13.1 Å². The first kappa shape index (κ1) is 16.9. The maximum Gasteiger partial charge on any atom is 0.326 e. The average molecular weight is 300 g/mol. The van der Waals surface area contributed by atoms with Gasteiger partial charge in [0.25, 0.3) is 0 Å². The van der Waals surface area contributed by atoms with Crippen molar-refractivity contribution in [1.29, 1.82) is 0 Å². The molecule has 1 saturated heterocycles. The van der Waals surface area contributed by atoms with Crippen molar-refractivity contribution in [1.82, 2.24) is 10.2 Å². The van der Waals surface area contributed by atoms with Crippen molar-refractivity contribution >= 4 is 23.7 Å². The first-order valence-corrected chi connectivity index (χ1v) is 6.67. The molecule has 118 valence electrons. The van der Waals surface area contributed by atoms with Gasteiger partial charge >= 0.3 is 5.97 Å². The van der Waals surface area contributed by atoms with Gasteiger partial charge in [-0.05, 0) is 19.3 Å². The van der Waals surface area contributed by atoms with Crippen LogP contribution < -0.4 is 16.8 Å². The van der Waals surface area contributed by atoms with Gasteiger partial charge in [0.2, 0.25) is 17.7 Å². The highest BCUT2D eigenvalue weighted by molar-refractivity contribution is 5.91. The number of rotatable bonds is 7. The van der Waals surface area contributed by atoms with Crippen LogP contribution in [0.4, 0.5) is 0 Å². The number of hydrogen-bond donors (Lipinski definition) is 4. The van der Waals surface area contributed by atoms with E-state index in [9.17, 15) is 19.2 Å². The summed E-state index contributed by atoms with van der Waals surface area (Å²) in [5, 5.41) is 11.4. The number of carboxylic acids is 1. The molecule has 0 aromatic carbocycles. The second-order valence-corrected chi connectivity index (χ2v) is 4.85. The minimum Gasteiger partial charge on any atom is -0.480 e. The third-order valence-corrected chi connectivity index (χ3v) is 3.34. The van der Waals surface area contributed by atoms with E-state index in [1.165, 1.54) is 4.90 Å². The van der Waals surface area contributed by atoms with Gasteiger partial charge in [-0.3, -0.25) is 14.4 Å². The number of aliphatic carboxylic acids is 1. The lowest BCUT2D eigenvalue weighted by molar-refractivity contribution is -0.143. The molecule has 0 spiro atoms. The second kappa shape index (κ2) is 7.58. The first-order chi connectivity index (χ1) is 9.86. The Morgan fingerprint density at radius 1 is 1.33 bits per heavy atom. The van der Waals surface area contributed by atoms with Gasteiger partial charge in [-0.15, -0.1) is 0 Å². The molecule has 1 fully saturated rings. The molecule has 0 aliphatic carbocycles. The van der Waals surface area contributed by atoms with E-state index in [0.29, 0.717) is 19.4 Å². The molecule has 0 saturated carbocycles. The number of amides is 3. The molecule has 0 aromatic rings. The van der Waals surface area contributed by atoms with Gasteiger partial charge in [-0.1, -0.05) is 0 Å². The van der Waals surface area contributed by atoms with Crippen LogP contribution in [0.3, 0.4) is 0 Å². The monoisotopic (exact) mass is 300 g/mol. The van der Waals surface area contributed by atoms with Crippen LogP contribution in [-0.2, 0) is 19.2 Å². The number of hydrogen-bond acceptors (Lipinski definition) is 5. The molecule has 3 amide bonds. The maximum absolute atomic E-state index is 12.1. The zero-order valence-corrected chi connectivity index (χ0v) is 11.6. The van der Waals surface area contributed by atoms with Crippen LogP contribution in [0.25, 0.3) is 0 Å². The molecule has 21 heavy (non-hydrogen) atoms. The molecule has 2 unspecified atom stereocenters. The Bertz CT molecular complexity index is 439. The highest BCUT2D eigenvalue weighted by atomic mass is 16.4. The molecule has 1 heterocycles. The molecule has 1 aliphatic heterocycles. The fraction of sp³-hybridized carbons (Fsp3) is 0.667. The van der Waals surface area contributed by atoms with Crippen molar-refractivity contribution < 1.29 is 24.3 Å². The fourth-order valence-electron chi connectivity index (χ4n) is 2.27. The highest BCUT2D eigenvalue weighted by Crippen LogP contribution is 2.17. The summed E-state index contributed by atoms with van der Waals surface area (Å²) < 4.78 is 0. The van der Waals surface area contributed by atoms with Crippen LogP contribution in [0.1, 0.15) is 25.7 Å². The van der Waals surface area contributed by atoms with Crippen LogP contribution >= 0.6 is 0 Å². The summed E-state index contributed by atoms with van der Waals surface area (Å²) in [7, 11) is 0. The normalized spacial score (nSPS) is 19.1. The number of nitrogens with two attached hydrogens (primary N) is 2. The molecule has 9 heteroatoms. The quantitative estimate of drug-likeness (QED) is 0.417. The standard InChI is InChI=1S/C12H20N4O5/c13-6-10(18)16-5-1-2-8(16)11(19)15-7(12(20)21)3-4-9(14)17/h7-8H,1-6,13H2,(H2,14,17)(H,15,19)(H,20,21). The number of carbonyl (C=O) groups is 4. The van der Waals surface area contributed by atoms with Gasteiger partial charge < -0.3 is 26.8 Å². The molecule has 0 radical (unpaired) electrons. The third kappa shape index (κ3) is 4.71. The Balaban J connectivity index is 2.66. The van der Waals surface area contributed by atoms with E-state index in [4.69, 9.17) is 16.6 Å². The maximum atomic E-state index is 12.1. The van der Waals surface area contributed by atoms with Gasteiger partial charge in [0, 0.05) is 13.0 Å². The van der Waals surface area contributed by atoms with Crippen molar-refractivity contribution in [3.63, 3.8) is 0 Å². The lowest BCUT2D eigenvalue weighted by Gasteiger charge is -2.25. The Hall–Kier alpha value is -2.16. The summed E-state index contributed by atoms with van der Waals surface area (Å²) >= 11 is 0. The Morgan fingerprint density at radius 3 is 2.52 bits per heavy atom. The SMILES string of the molecule is NCC(=O)N1CCCC1C(=O)NC(CCC(N)=O)C(=O)O. The fourth-order valence-corrected chi connectivity index (χ4v) is 2.27. The van der Waals surface area contributed by atoms with E-state index in [0.717, 1.165) is 0 Å².